The third-order valence-electron chi connectivity index (χ3n) is 3.65. The molecular formula is C13H26N2. The minimum absolute atomic E-state index is 0.433. The van der Waals surface area contributed by atoms with Crippen LogP contribution in [0.2, 0.25) is 0 Å². The van der Waals surface area contributed by atoms with Crippen molar-refractivity contribution in [1.82, 2.24) is 4.90 Å². The zero-order valence-electron chi connectivity index (χ0n) is 10.2. The first-order valence-corrected chi connectivity index (χ1v) is 6.22. The summed E-state index contributed by atoms with van der Waals surface area (Å²) >= 11 is 0. The maximum absolute atomic E-state index is 5.93. The Balaban J connectivity index is 2.28. The fourth-order valence-electron chi connectivity index (χ4n) is 2.71. The van der Waals surface area contributed by atoms with Gasteiger partial charge in [-0.05, 0) is 51.2 Å². The molecule has 88 valence electrons. The van der Waals surface area contributed by atoms with Crippen LogP contribution in [0.1, 0.15) is 38.5 Å². The Labute approximate surface area is 94.5 Å². The van der Waals surface area contributed by atoms with Gasteiger partial charge in [0, 0.05) is 6.54 Å². The molecule has 0 bridgehead atoms. The lowest BCUT2D eigenvalue weighted by molar-refractivity contribution is 0.183. The summed E-state index contributed by atoms with van der Waals surface area (Å²) in [4.78, 5) is 2.45. The smallest absolute Gasteiger partial charge is 0.00470 e. The lowest BCUT2D eigenvalue weighted by Gasteiger charge is -2.32. The van der Waals surface area contributed by atoms with E-state index in [9.17, 15) is 0 Å². The summed E-state index contributed by atoms with van der Waals surface area (Å²) in [6, 6.07) is 0. The van der Waals surface area contributed by atoms with Crippen LogP contribution in [0.15, 0.2) is 12.7 Å². The number of hydrogen-bond acceptors (Lipinski definition) is 2. The Hall–Kier alpha value is -0.340. The number of allylic oxidation sites excluding steroid dienone is 1. The van der Waals surface area contributed by atoms with Crippen molar-refractivity contribution < 1.29 is 0 Å². The Morgan fingerprint density at radius 3 is 2.60 bits per heavy atom. The van der Waals surface area contributed by atoms with E-state index >= 15 is 0 Å². The second-order valence-electron chi connectivity index (χ2n) is 5.08. The summed E-state index contributed by atoms with van der Waals surface area (Å²) in [5, 5.41) is 0. The van der Waals surface area contributed by atoms with Crippen LogP contribution in [0.5, 0.6) is 0 Å². The minimum atomic E-state index is 0.433. The molecule has 15 heavy (non-hydrogen) atoms. The van der Waals surface area contributed by atoms with E-state index in [0.29, 0.717) is 5.41 Å². The van der Waals surface area contributed by atoms with Crippen LogP contribution in [-0.4, -0.2) is 31.6 Å². The van der Waals surface area contributed by atoms with Crippen molar-refractivity contribution in [1.29, 1.82) is 0 Å². The van der Waals surface area contributed by atoms with Gasteiger partial charge in [0.2, 0.25) is 0 Å². The molecule has 0 saturated heterocycles. The molecule has 2 heteroatoms. The van der Waals surface area contributed by atoms with Crippen LogP contribution in [-0.2, 0) is 0 Å². The maximum atomic E-state index is 5.93. The zero-order chi connectivity index (χ0) is 11.1. The summed E-state index contributed by atoms with van der Waals surface area (Å²) in [6.07, 6.45) is 9.75. The average Bonchev–Trinajstić information content (AvgIpc) is 2.67. The molecule has 0 spiro atoms. The number of unbranched alkanes of at least 4 members (excludes halogenated alkanes) is 1. The summed E-state index contributed by atoms with van der Waals surface area (Å²) in [7, 11) is 2.22. The van der Waals surface area contributed by atoms with Gasteiger partial charge in [-0.1, -0.05) is 18.9 Å². The molecule has 0 amide bonds. The summed E-state index contributed by atoms with van der Waals surface area (Å²) in [6.45, 7) is 6.97. The monoisotopic (exact) mass is 210 g/mol. The molecule has 1 fully saturated rings. The second-order valence-corrected chi connectivity index (χ2v) is 5.08. The van der Waals surface area contributed by atoms with Gasteiger partial charge < -0.3 is 10.6 Å². The van der Waals surface area contributed by atoms with Gasteiger partial charge in [0.25, 0.3) is 0 Å². The van der Waals surface area contributed by atoms with E-state index < -0.39 is 0 Å². The number of nitrogens with zero attached hydrogens (tertiary/aromatic N) is 1. The number of nitrogens with two attached hydrogens (primary N) is 1. The number of rotatable bonds is 7. The molecule has 2 N–H and O–H groups in total. The van der Waals surface area contributed by atoms with E-state index in [2.05, 4.69) is 18.5 Å². The lowest BCUT2D eigenvalue weighted by Crippen LogP contribution is -2.39. The molecule has 0 radical (unpaired) electrons. The predicted molar refractivity (Wildman–Crippen MR) is 66.9 cm³/mol. The first kappa shape index (κ1) is 12.7. The second kappa shape index (κ2) is 6.29. The van der Waals surface area contributed by atoms with Gasteiger partial charge in [-0.15, -0.1) is 6.58 Å². The third kappa shape index (κ3) is 3.96. The number of hydrogen-bond donors (Lipinski definition) is 1. The molecule has 0 atom stereocenters. The fourth-order valence-corrected chi connectivity index (χ4v) is 2.71. The SMILES string of the molecule is C=CCCCN(C)CC1(CN)CCCC1. The minimum Gasteiger partial charge on any atom is -0.330 e. The Kier molecular flexibility index (Phi) is 5.34. The molecule has 1 aliphatic carbocycles. The summed E-state index contributed by atoms with van der Waals surface area (Å²) in [5.74, 6) is 0. The highest BCUT2D eigenvalue weighted by Crippen LogP contribution is 2.37. The maximum Gasteiger partial charge on any atom is 0.00470 e. The van der Waals surface area contributed by atoms with Crippen LogP contribution in [0, 0.1) is 5.41 Å². The van der Waals surface area contributed by atoms with Crippen LogP contribution in [0.3, 0.4) is 0 Å². The molecule has 1 aliphatic rings. The Morgan fingerprint density at radius 1 is 1.40 bits per heavy atom. The van der Waals surface area contributed by atoms with Gasteiger partial charge in [0.05, 0.1) is 0 Å². The van der Waals surface area contributed by atoms with Crippen LogP contribution >= 0.6 is 0 Å². The van der Waals surface area contributed by atoms with Crippen molar-refractivity contribution >= 4 is 0 Å². The normalized spacial score (nSPS) is 19.7. The highest BCUT2D eigenvalue weighted by atomic mass is 15.1. The third-order valence-corrected chi connectivity index (χ3v) is 3.65. The van der Waals surface area contributed by atoms with Crippen molar-refractivity contribution in [3.63, 3.8) is 0 Å². The molecule has 0 aromatic carbocycles. The highest BCUT2D eigenvalue weighted by Gasteiger charge is 2.33. The summed E-state index contributed by atoms with van der Waals surface area (Å²) < 4.78 is 0. The van der Waals surface area contributed by atoms with Crippen LogP contribution in [0.4, 0.5) is 0 Å². The van der Waals surface area contributed by atoms with Crippen molar-refractivity contribution in [3.05, 3.63) is 12.7 Å². The van der Waals surface area contributed by atoms with Gasteiger partial charge in [-0.2, -0.15) is 0 Å². The topological polar surface area (TPSA) is 29.3 Å². The highest BCUT2D eigenvalue weighted by molar-refractivity contribution is 4.87. The van der Waals surface area contributed by atoms with E-state index in [-0.39, 0.29) is 0 Å². The zero-order valence-corrected chi connectivity index (χ0v) is 10.2. The van der Waals surface area contributed by atoms with Crippen molar-refractivity contribution in [2.45, 2.75) is 38.5 Å². The summed E-state index contributed by atoms with van der Waals surface area (Å²) in [5.41, 5.74) is 6.36. The van der Waals surface area contributed by atoms with Gasteiger partial charge in [0.15, 0.2) is 0 Å². The molecule has 0 unspecified atom stereocenters. The van der Waals surface area contributed by atoms with Gasteiger partial charge in [-0.3, -0.25) is 0 Å². The van der Waals surface area contributed by atoms with Crippen LogP contribution in [0.25, 0.3) is 0 Å². The molecule has 2 nitrogen and oxygen atoms in total. The van der Waals surface area contributed by atoms with E-state index in [1.165, 1.54) is 45.2 Å². The molecule has 0 aromatic rings. The lowest BCUT2D eigenvalue weighted by atomic mass is 9.86. The first-order chi connectivity index (χ1) is 7.22. The molecular weight excluding hydrogens is 184 g/mol. The van der Waals surface area contributed by atoms with Gasteiger partial charge in [-0.25, -0.2) is 0 Å². The van der Waals surface area contributed by atoms with Crippen molar-refractivity contribution in [2.75, 3.05) is 26.7 Å². The predicted octanol–water partition coefficient (Wildman–Crippen LogP) is 2.40. The first-order valence-electron chi connectivity index (χ1n) is 6.22. The fraction of sp³-hybridized carbons (Fsp3) is 0.846. The molecule has 1 rings (SSSR count). The largest absolute Gasteiger partial charge is 0.330 e. The van der Waals surface area contributed by atoms with Crippen molar-refractivity contribution in [3.8, 4) is 0 Å². The molecule has 1 saturated carbocycles. The quantitative estimate of drug-likeness (QED) is 0.516. The van der Waals surface area contributed by atoms with E-state index in [4.69, 9.17) is 5.73 Å². The van der Waals surface area contributed by atoms with E-state index in [1.54, 1.807) is 0 Å². The van der Waals surface area contributed by atoms with Gasteiger partial charge >= 0.3 is 0 Å². The van der Waals surface area contributed by atoms with E-state index in [1.807, 2.05) is 6.08 Å². The van der Waals surface area contributed by atoms with Crippen molar-refractivity contribution in [2.24, 2.45) is 11.1 Å². The molecule has 0 heterocycles. The molecule has 0 aromatic heterocycles. The standard InChI is InChI=1S/C13H26N2/c1-3-4-7-10-15(2)12-13(11-14)8-5-6-9-13/h3H,1,4-12,14H2,2H3. The molecule has 0 aliphatic heterocycles. The Morgan fingerprint density at radius 2 is 2.07 bits per heavy atom. The van der Waals surface area contributed by atoms with Crippen LogP contribution < -0.4 is 5.73 Å². The Bertz CT molecular complexity index is 183. The average molecular weight is 210 g/mol. The van der Waals surface area contributed by atoms with Gasteiger partial charge in [0.1, 0.15) is 0 Å². The van der Waals surface area contributed by atoms with E-state index in [0.717, 1.165) is 13.0 Å².